The molecule has 4 heteroatoms. The van der Waals surface area contributed by atoms with E-state index in [9.17, 15) is 0 Å². The molecule has 0 amide bonds. The van der Waals surface area contributed by atoms with Crippen LogP contribution in [0, 0.1) is 6.92 Å². The Balaban J connectivity index is 1.87. The van der Waals surface area contributed by atoms with Gasteiger partial charge in [0.15, 0.2) is 0 Å². The van der Waals surface area contributed by atoms with E-state index < -0.39 is 0 Å². The molecule has 1 aromatic carbocycles. The van der Waals surface area contributed by atoms with Gasteiger partial charge in [0.1, 0.15) is 5.75 Å². The summed E-state index contributed by atoms with van der Waals surface area (Å²) < 4.78 is 5.69. The minimum Gasteiger partial charge on any atom is -0.494 e. The predicted molar refractivity (Wildman–Crippen MR) is 75.7 cm³/mol. The van der Waals surface area contributed by atoms with Crippen LogP contribution in [-0.4, -0.2) is 6.61 Å². The lowest BCUT2D eigenvalue weighted by atomic mass is 10.1. The summed E-state index contributed by atoms with van der Waals surface area (Å²) in [5.74, 6) is 6.51. The molecule has 96 valence electrons. The fraction of sp³-hybridized carbons (Fsp3) is 0.286. The molecule has 0 saturated heterocycles. The molecule has 0 fully saturated rings. The highest BCUT2D eigenvalue weighted by Crippen LogP contribution is 2.25. The number of aryl methyl sites for hydroxylation is 1. The van der Waals surface area contributed by atoms with Crippen molar-refractivity contribution in [3.05, 3.63) is 52.2 Å². The summed E-state index contributed by atoms with van der Waals surface area (Å²) in [5.41, 5.74) is 4.14. The molecule has 3 nitrogen and oxygen atoms in total. The van der Waals surface area contributed by atoms with Crippen molar-refractivity contribution in [1.82, 2.24) is 5.43 Å². The van der Waals surface area contributed by atoms with Crippen molar-refractivity contribution in [2.45, 2.75) is 19.4 Å². The molecule has 1 aromatic heterocycles. The lowest BCUT2D eigenvalue weighted by molar-refractivity contribution is 0.288. The number of rotatable bonds is 6. The fourth-order valence-electron chi connectivity index (χ4n) is 1.84. The Kier molecular flexibility index (Phi) is 4.75. The van der Waals surface area contributed by atoms with Crippen molar-refractivity contribution in [1.29, 1.82) is 0 Å². The number of nitrogens with one attached hydrogen (secondary N) is 1. The van der Waals surface area contributed by atoms with Crippen LogP contribution in [0.15, 0.2) is 41.8 Å². The van der Waals surface area contributed by atoms with Crippen LogP contribution in [0.1, 0.15) is 22.9 Å². The maximum Gasteiger partial charge on any atom is 0.119 e. The molecular formula is C14H18N2OS. The minimum atomic E-state index is 0.161. The molecule has 0 aliphatic heterocycles. The maximum absolute atomic E-state index is 5.69. The molecule has 0 bridgehead atoms. The Hall–Kier alpha value is -1.36. The molecule has 18 heavy (non-hydrogen) atoms. The highest BCUT2D eigenvalue weighted by molar-refractivity contribution is 7.10. The molecule has 0 aliphatic carbocycles. The molecule has 2 rings (SSSR count). The fourth-order valence-corrected chi connectivity index (χ4v) is 2.87. The minimum absolute atomic E-state index is 0.161. The van der Waals surface area contributed by atoms with Gasteiger partial charge in [0.05, 0.1) is 12.6 Å². The van der Waals surface area contributed by atoms with Gasteiger partial charge in [-0.3, -0.25) is 11.3 Å². The van der Waals surface area contributed by atoms with Gasteiger partial charge >= 0.3 is 0 Å². The summed E-state index contributed by atoms with van der Waals surface area (Å²) in [6.07, 6.45) is 0.854. The van der Waals surface area contributed by atoms with E-state index in [1.54, 1.807) is 11.3 Å². The zero-order valence-electron chi connectivity index (χ0n) is 10.4. The number of ether oxygens (including phenoxy) is 1. The Bertz CT molecular complexity index is 470. The standard InChI is InChI=1S/C14H18N2OS/c1-11-8-10-18-14(11)13(16-15)7-9-17-12-5-3-2-4-6-12/h2-6,8,10,13,16H,7,9,15H2,1H3. The van der Waals surface area contributed by atoms with Gasteiger partial charge in [-0.05, 0) is 36.1 Å². The van der Waals surface area contributed by atoms with Gasteiger partial charge in [0.2, 0.25) is 0 Å². The van der Waals surface area contributed by atoms with Crippen molar-refractivity contribution in [2.75, 3.05) is 6.61 Å². The first kappa shape index (κ1) is 13.1. The third kappa shape index (κ3) is 3.32. The average Bonchev–Trinajstić information content (AvgIpc) is 2.82. The first-order valence-electron chi connectivity index (χ1n) is 5.99. The van der Waals surface area contributed by atoms with Gasteiger partial charge in [-0.15, -0.1) is 11.3 Å². The Labute approximate surface area is 112 Å². The van der Waals surface area contributed by atoms with Crippen LogP contribution in [-0.2, 0) is 0 Å². The van der Waals surface area contributed by atoms with Crippen LogP contribution in [0.5, 0.6) is 5.75 Å². The highest BCUT2D eigenvalue weighted by atomic mass is 32.1. The first-order valence-corrected chi connectivity index (χ1v) is 6.87. The molecule has 1 unspecified atom stereocenters. The zero-order chi connectivity index (χ0) is 12.8. The summed E-state index contributed by atoms with van der Waals surface area (Å²) in [5, 5.41) is 2.09. The van der Waals surface area contributed by atoms with E-state index in [0.717, 1.165) is 12.2 Å². The Morgan fingerprint density at radius 2 is 2.06 bits per heavy atom. The third-order valence-corrected chi connectivity index (χ3v) is 3.97. The van der Waals surface area contributed by atoms with Crippen LogP contribution in [0.25, 0.3) is 0 Å². The zero-order valence-corrected chi connectivity index (χ0v) is 11.2. The van der Waals surface area contributed by atoms with Crippen molar-refractivity contribution in [2.24, 2.45) is 5.84 Å². The van der Waals surface area contributed by atoms with Crippen LogP contribution < -0.4 is 16.0 Å². The van der Waals surface area contributed by atoms with Crippen molar-refractivity contribution < 1.29 is 4.74 Å². The second kappa shape index (κ2) is 6.54. The monoisotopic (exact) mass is 262 g/mol. The quantitative estimate of drug-likeness (QED) is 0.621. The van der Waals surface area contributed by atoms with Gasteiger partial charge in [0.25, 0.3) is 0 Å². The number of hydrazine groups is 1. The molecule has 1 heterocycles. The van der Waals surface area contributed by atoms with E-state index >= 15 is 0 Å². The number of hydrogen-bond acceptors (Lipinski definition) is 4. The van der Waals surface area contributed by atoms with Crippen LogP contribution in [0.2, 0.25) is 0 Å². The van der Waals surface area contributed by atoms with E-state index in [1.165, 1.54) is 10.4 Å². The normalized spacial score (nSPS) is 12.3. The van der Waals surface area contributed by atoms with Gasteiger partial charge in [-0.25, -0.2) is 0 Å². The summed E-state index contributed by atoms with van der Waals surface area (Å²) in [6, 6.07) is 12.1. The second-order valence-electron chi connectivity index (χ2n) is 4.14. The van der Waals surface area contributed by atoms with Crippen LogP contribution >= 0.6 is 11.3 Å². The lowest BCUT2D eigenvalue weighted by Gasteiger charge is -2.16. The van der Waals surface area contributed by atoms with E-state index in [0.29, 0.717) is 6.61 Å². The Morgan fingerprint density at radius 1 is 1.28 bits per heavy atom. The molecule has 0 spiro atoms. The molecule has 0 aliphatic rings. The summed E-state index contributed by atoms with van der Waals surface area (Å²) in [4.78, 5) is 1.29. The number of para-hydroxylation sites is 1. The number of nitrogens with two attached hydrogens (primary N) is 1. The summed E-state index contributed by atoms with van der Waals surface area (Å²) in [6.45, 7) is 2.75. The number of benzene rings is 1. The Morgan fingerprint density at radius 3 is 2.67 bits per heavy atom. The highest BCUT2D eigenvalue weighted by Gasteiger charge is 2.13. The van der Waals surface area contributed by atoms with E-state index in [4.69, 9.17) is 10.6 Å². The molecular weight excluding hydrogens is 244 g/mol. The van der Waals surface area contributed by atoms with E-state index in [1.807, 2.05) is 30.3 Å². The van der Waals surface area contributed by atoms with Gasteiger partial charge in [0, 0.05) is 11.3 Å². The van der Waals surface area contributed by atoms with E-state index in [2.05, 4.69) is 23.8 Å². The van der Waals surface area contributed by atoms with Crippen molar-refractivity contribution in [3.63, 3.8) is 0 Å². The maximum atomic E-state index is 5.69. The molecule has 0 saturated carbocycles. The lowest BCUT2D eigenvalue weighted by Crippen LogP contribution is -2.29. The number of hydrogen-bond donors (Lipinski definition) is 2. The average molecular weight is 262 g/mol. The second-order valence-corrected chi connectivity index (χ2v) is 5.09. The molecule has 1 atom stereocenters. The van der Waals surface area contributed by atoms with Crippen LogP contribution in [0.4, 0.5) is 0 Å². The first-order chi connectivity index (χ1) is 8.81. The summed E-state index contributed by atoms with van der Waals surface area (Å²) in [7, 11) is 0. The summed E-state index contributed by atoms with van der Waals surface area (Å²) >= 11 is 1.73. The van der Waals surface area contributed by atoms with Gasteiger partial charge in [-0.1, -0.05) is 18.2 Å². The van der Waals surface area contributed by atoms with Gasteiger partial charge in [-0.2, -0.15) is 0 Å². The smallest absolute Gasteiger partial charge is 0.119 e. The molecule has 2 aromatic rings. The topological polar surface area (TPSA) is 47.3 Å². The van der Waals surface area contributed by atoms with Crippen molar-refractivity contribution in [3.8, 4) is 5.75 Å². The van der Waals surface area contributed by atoms with E-state index in [-0.39, 0.29) is 6.04 Å². The molecule has 0 radical (unpaired) electrons. The SMILES string of the molecule is Cc1ccsc1C(CCOc1ccccc1)NN. The van der Waals surface area contributed by atoms with Crippen LogP contribution in [0.3, 0.4) is 0 Å². The molecule has 3 N–H and O–H groups in total. The van der Waals surface area contributed by atoms with Crippen molar-refractivity contribution >= 4 is 11.3 Å². The third-order valence-electron chi connectivity index (χ3n) is 2.84. The van der Waals surface area contributed by atoms with Gasteiger partial charge < -0.3 is 4.74 Å². The number of thiophene rings is 1. The predicted octanol–water partition coefficient (Wildman–Crippen LogP) is 3.03. The largest absolute Gasteiger partial charge is 0.494 e.